The monoisotopic (exact) mass is 283 g/mol. The van der Waals surface area contributed by atoms with Gasteiger partial charge in [-0.1, -0.05) is 30.3 Å². The van der Waals surface area contributed by atoms with Gasteiger partial charge in [-0.05, 0) is 24.1 Å². The molecule has 1 fully saturated rings. The molecule has 2 aromatic rings. The Balaban J connectivity index is 1.81. The Labute approximate surface area is 123 Å². The second-order valence-corrected chi connectivity index (χ2v) is 5.10. The van der Waals surface area contributed by atoms with Gasteiger partial charge >= 0.3 is 5.97 Å². The molecule has 0 spiro atoms. The molecule has 1 heterocycles. The number of carboxylic acid groups (broad SMARTS) is 1. The minimum Gasteiger partial charge on any atom is -0.488 e. The van der Waals surface area contributed by atoms with Crippen LogP contribution < -0.4 is 9.64 Å². The molecule has 1 aliphatic heterocycles. The molecule has 4 nitrogen and oxygen atoms in total. The molecule has 4 heteroatoms. The molecule has 0 bridgehead atoms. The molecule has 1 aliphatic rings. The van der Waals surface area contributed by atoms with E-state index in [-0.39, 0.29) is 5.56 Å². The summed E-state index contributed by atoms with van der Waals surface area (Å²) in [7, 11) is 0. The summed E-state index contributed by atoms with van der Waals surface area (Å²) in [5.41, 5.74) is 2.24. The van der Waals surface area contributed by atoms with E-state index < -0.39 is 5.97 Å². The first-order valence-electron chi connectivity index (χ1n) is 7.03. The Morgan fingerprint density at radius 3 is 2.52 bits per heavy atom. The highest BCUT2D eigenvalue weighted by atomic mass is 16.5. The van der Waals surface area contributed by atoms with E-state index in [1.807, 2.05) is 42.5 Å². The third-order valence-corrected chi connectivity index (χ3v) is 3.65. The average Bonchev–Trinajstić information content (AvgIpc) is 2.44. The number of benzene rings is 2. The van der Waals surface area contributed by atoms with Crippen LogP contribution in [0.25, 0.3) is 0 Å². The molecule has 3 rings (SSSR count). The molecule has 0 radical (unpaired) electrons. The first-order valence-corrected chi connectivity index (χ1v) is 7.03. The zero-order chi connectivity index (χ0) is 14.7. The Morgan fingerprint density at radius 1 is 1.14 bits per heavy atom. The Hall–Kier alpha value is -2.49. The van der Waals surface area contributed by atoms with Gasteiger partial charge in [-0.25, -0.2) is 4.79 Å². The highest BCUT2D eigenvalue weighted by Crippen LogP contribution is 2.29. The van der Waals surface area contributed by atoms with Gasteiger partial charge in [0.1, 0.15) is 17.9 Å². The Bertz CT molecular complexity index is 636. The largest absolute Gasteiger partial charge is 0.488 e. The molecule has 21 heavy (non-hydrogen) atoms. The molecule has 0 saturated carbocycles. The van der Waals surface area contributed by atoms with Crippen molar-refractivity contribution in [2.75, 3.05) is 18.0 Å². The number of ether oxygens (including phenoxy) is 1. The summed E-state index contributed by atoms with van der Waals surface area (Å²) < 4.78 is 5.74. The van der Waals surface area contributed by atoms with E-state index >= 15 is 0 Å². The van der Waals surface area contributed by atoms with Crippen LogP contribution in [0.3, 0.4) is 0 Å². The van der Waals surface area contributed by atoms with Crippen LogP contribution >= 0.6 is 0 Å². The van der Waals surface area contributed by atoms with E-state index in [2.05, 4.69) is 4.90 Å². The molecule has 1 N–H and O–H groups in total. The van der Waals surface area contributed by atoms with Crippen LogP contribution in [0.1, 0.15) is 22.3 Å². The van der Waals surface area contributed by atoms with Crippen molar-refractivity contribution < 1.29 is 14.6 Å². The number of rotatable bonds is 5. The summed E-state index contributed by atoms with van der Waals surface area (Å²) >= 11 is 0. The van der Waals surface area contributed by atoms with Crippen molar-refractivity contribution in [1.29, 1.82) is 0 Å². The zero-order valence-electron chi connectivity index (χ0n) is 11.7. The second-order valence-electron chi connectivity index (χ2n) is 5.10. The third-order valence-electron chi connectivity index (χ3n) is 3.65. The van der Waals surface area contributed by atoms with Crippen molar-refractivity contribution >= 4 is 11.7 Å². The van der Waals surface area contributed by atoms with Crippen molar-refractivity contribution in [3.05, 3.63) is 59.7 Å². The zero-order valence-corrected chi connectivity index (χ0v) is 11.7. The molecule has 1 saturated heterocycles. The van der Waals surface area contributed by atoms with E-state index in [9.17, 15) is 9.90 Å². The summed E-state index contributed by atoms with van der Waals surface area (Å²) in [4.78, 5) is 13.5. The first-order chi connectivity index (χ1) is 10.2. The number of carboxylic acids is 1. The lowest BCUT2D eigenvalue weighted by Gasteiger charge is -2.33. The lowest BCUT2D eigenvalue weighted by atomic mass is 10.1. The maximum Gasteiger partial charge on any atom is 0.339 e. The van der Waals surface area contributed by atoms with Crippen LogP contribution in [0.2, 0.25) is 0 Å². The van der Waals surface area contributed by atoms with Crippen molar-refractivity contribution in [3.63, 3.8) is 0 Å². The van der Waals surface area contributed by atoms with Crippen molar-refractivity contribution in [1.82, 2.24) is 0 Å². The van der Waals surface area contributed by atoms with E-state index in [1.165, 1.54) is 6.42 Å². The van der Waals surface area contributed by atoms with Crippen molar-refractivity contribution in [3.8, 4) is 5.75 Å². The SMILES string of the molecule is O=C(O)c1ccc(N2CCC2)cc1OCc1ccccc1. The number of aromatic carboxylic acids is 1. The average molecular weight is 283 g/mol. The van der Waals surface area contributed by atoms with Crippen LogP contribution in [-0.4, -0.2) is 24.2 Å². The Kier molecular flexibility index (Phi) is 3.77. The molecular weight excluding hydrogens is 266 g/mol. The van der Waals surface area contributed by atoms with Gasteiger partial charge in [0.25, 0.3) is 0 Å². The quantitative estimate of drug-likeness (QED) is 0.915. The van der Waals surface area contributed by atoms with Crippen LogP contribution in [0, 0.1) is 0 Å². The summed E-state index contributed by atoms with van der Waals surface area (Å²) in [6, 6.07) is 15.0. The van der Waals surface area contributed by atoms with E-state index in [1.54, 1.807) is 6.07 Å². The van der Waals surface area contributed by atoms with Crippen molar-refractivity contribution in [2.45, 2.75) is 13.0 Å². The van der Waals surface area contributed by atoms with Gasteiger partial charge in [0.15, 0.2) is 0 Å². The van der Waals surface area contributed by atoms with Crippen LogP contribution in [-0.2, 0) is 6.61 Å². The number of carbonyl (C=O) groups is 1. The fraction of sp³-hybridized carbons (Fsp3) is 0.235. The number of hydrogen-bond donors (Lipinski definition) is 1. The second kappa shape index (κ2) is 5.87. The molecule has 0 amide bonds. The molecule has 0 aromatic heterocycles. The highest BCUT2D eigenvalue weighted by Gasteiger charge is 2.18. The fourth-order valence-corrected chi connectivity index (χ4v) is 2.31. The normalized spacial score (nSPS) is 13.6. The topological polar surface area (TPSA) is 49.8 Å². The first kappa shape index (κ1) is 13.5. The predicted octanol–water partition coefficient (Wildman–Crippen LogP) is 3.17. The van der Waals surface area contributed by atoms with Crippen LogP contribution in [0.15, 0.2) is 48.5 Å². The van der Waals surface area contributed by atoms with Gasteiger partial charge in [-0.3, -0.25) is 0 Å². The predicted molar refractivity (Wildman–Crippen MR) is 81.0 cm³/mol. The number of hydrogen-bond acceptors (Lipinski definition) is 3. The molecule has 0 aliphatic carbocycles. The van der Waals surface area contributed by atoms with Gasteiger partial charge in [-0.15, -0.1) is 0 Å². The lowest BCUT2D eigenvalue weighted by molar-refractivity contribution is 0.0692. The van der Waals surface area contributed by atoms with E-state index in [0.29, 0.717) is 12.4 Å². The van der Waals surface area contributed by atoms with Gasteiger partial charge in [0, 0.05) is 24.8 Å². The molecule has 2 aromatic carbocycles. The Morgan fingerprint density at radius 2 is 1.90 bits per heavy atom. The fourth-order valence-electron chi connectivity index (χ4n) is 2.31. The van der Waals surface area contributed by atoms with E-state index in [0.717, 1.165) is 24.3 Å². The maximum absolute atomic E-state index is 11.3. The summed E-state index contributed by atoms with van der Waals surface area (Å²) in [5, 5.41) is 9.27. The van der Waals surface area contributed by atoms with Gasteiger partial charge in [0.05, 0.1) is 0 Å². The smallest absolute Gasteiger partial charge is 0.339 e. The third kappa shape index (κ3) is 2.99. The minimum atomic E-state index is -0.965. The maximum atomic E-state index is 11.3. The van der Waals surface area contributed by atoms with E-state index in [4.69, 9.17) is 4.74 Å². The highest BCUT2D eigenvalue weighted by molar-refractivity contribution is 5.91. The molecule has 0 unspecified atom stereocenters. The van der Waals surface area contributed by atoms with Gasteiger partial charge in [0.2, 0.25) is 0 Å². The van der Waals surface area contributed by atoms with Crippen LogP contribution in [0.5, 0.6) is 5.75 Å². The summed E-state index contributed by atoms with van der Waals surface area (Å²) in [6.07, 6.45) is 1.18. The molecule has 0 atom stereocenters. The molecule has 108 valence electrons. The van der Waals surface area contributed by atoms with Gasteiger partial charge < -0.3 is 14.7 Å². The number of nitrogens with zero attached hydrogens (tertiary/aromatic N) is 1. The molecular formula is C17H17NO3. The van der Waals surface area contributed by atoms with Crippen LogP contribution in [0.4, 0.5) is 5.69 Å². The summed E-state index contributed by atoms with van der Waals surface area (Å²) in [5.74, 6) is -0.538. The standard InChI is InChI=1S/C17H17NO3/c19-17(20)15-8-7-14(18-9-4-10-18)11-16(15)21-12-13-5-2-1-3-6-13/h1-3,5-8,11H,4,9-10,12H2,(H,19,20). The van der Waals surface area contributed by atoms with Crippen molar-refractivity contribution in [2.24, 2.45) is 0 Å². The lowest BCUT2D eigenvalue weighted by Crippen LogP contribution is -2.36. The van der Waals surface area contributed by atoms with Gasteiger partial charge in [-0.2, -0.15) is 0 Å². The summed E-state index contributed by atoms with van der Waals surface area (Å²) in [6.45, 7) is 2.40. The number of anilines is 1. The minimum absolute atomic E-state index is 0.204.